The Bertz CT molecular complexity index is 364. The molecule has 1 aromatic heterocycles. The van der Waals surface area contributed by atoms with Crippen molar-refractivity contribution in [2.24, 2.45) is 11.8 Å². The van der Waals surface area contributed by atoms with Gasteiger partial charge >= 0.3 is 0 Å². The molecule has 1 unspecified atom stereocenters. The molecule has 100 valence electrons. The van der Waals surface area contributed by atoms with Crippen molar-refractivity contribution in [3.05, 3.63) is 17.8 Å². The molecule has 0 aromatic carbocycles. The van der Waals surface area contributed by atoms with Gasteiger partial charge < -0.3 is 10.0 Å². The van der Waals surface area contributed by atoms with Gasteiger partial charge in [-0.1, -0.05) is 13.8 Å². The lowest BCUT2D eigenvalue weighted by molar-refractivity contribution is 0.208. The van der Waals surface area contributed by atoms with Crippen LogP contribution < -0.4 is 4.90 Å². The minimum absolute atomic E-state index is 0.273. The second-order valence-electron chi connectivity index (χ2n) is 5.62. The third-order valence-electron chi connectivity index (χ3n) is 3.42. The Labute approximate surface area is 109 Å². The Kier molecular flexibility index (Phi) is 4.53. The molecule has 0 radical (unpaired) electrons. The van der Waals surface area contributed by atoms with E-state index in [4.69, 9.17) is 0 Å². The maximum Gasteiger partial charge on any atom is 0.151 e. The maximum absolute atomic E-state index is 9.24. The fourth-order valence-corrected chi connectivity index (χ4v) is 2.47. The lowest BCUT2D eigenvalue weighted by Gasteiger charge is -2.32. The molecule has 18 heavy (non-hydrogen) atoms. The quantitative estimate of drug-likeness (QED) is 0.885. The zero-order valence-corrected chi connectivity index (χ0v) is 11.3. The van der Waals surface area contributed by atoms with E-state index >= 15 is 0 Å². The van der Waals surface area contributed by atoms with Gasteiger partial charge in [0.2, 0.25) is 0 Å². The predicted octanol–water partition coefficient (Wildman–Crippen LogP) is 1.88. The monoisotopic (exact) mass is 249 g/mol. The number of nitrogens with zero attached hydrogens (tertiary/aromatic N) is 3. The second-order valence-corrected chi connectivity index (χ2v) is 5.62. The Morgan fingerprint density at radius 2 is 2.22 bits per heavy atom. The highest BCUT2D eigenvalue weighted by Crippen LogP contribution is 2.21. The molecule has 0 bridgehead atoms. The van der Waals surface area contributed by atoms with Crippen LogP contribution in [0.15, 0.2) is 12.1 Å². The van der Waals surface area contributed by atoms with E-state index in [1.807, 2.05) is 0 Å². The van der Waals surface area contributed by atoms with Crippen LogP contribution in [0, 0.1) is 11.8 Å². The fourth-order valence-electron chi connectivity index (χ4n) is 2.47. The molecule has 1 fully saturated rings. The van der Waals surface area contributed by atoms with Gasteiger partial charge in [-0.05, 0) is 43.2 Å². The van der Waals surface area contributed by atoms with Gasteiger partial charge in [-0.15, -0.1) is 5.10 Å². The van der Waals surface area contributed by atoms with Gasteiger partial charge in [0.15, 0.2) is 5.82 Å². The molecule has 1 aliphatic heterocycles. The molecule has 1 aliphatic rings. The van der Waals surface area contributed by atoms with Crippen molar-refractivity contribution >= 4 is 5.82 Å². The molecular formula is C14H23N3O. The first-order valence-corrected chi connectivity index (χ1v) is 6.87. The van der Waals surface area contributed by atoms with Gasteiger partial charge in [0.05, 0.1) is 5.69 Å². The number of aromatic nitrogens is 2. The summed E-state index contributed by atoms with van der Waals surface area (Å²) in [6, 6.07) is 4.13. The molecule has 4 heteroatoms. The smallest absolute Gasteiger partial charge is 0.151 e. The molecule has 4 nitrogen and oxygen atoms in total. The van der Waals surface area contributed by atoms with Gasteiger partial charge in [0, 0.05) is 19.7 Å². The Morgan fingerprint density at radius 1 is 1.39 bits per heavy atom. The van der Waals surface area contributed by atoms with E-state index in [0.29, 0.717) is 11.8 Å². The molecule has 2 rings (SSSR count). The maximum atomic E-state index is 9.24. The highest BCUT2D eigenvalue weighted by Gasteiger charge is 2.20. The Balaban J connectivity index is 2.00. The average molecular weight is 249 g/mol. The molecule has 1 saturated heterocycles. The highest BCUT2D eigenvalue weighted by atomic mass is 16.3. The van der Waals surface area contributed by atoms with Crippen LogP contribution in [-0.2, 0) is 6.42 Å². The molecule has 1 aromatic rings. The third-order valence-corrected chi connectivity index (χ3v) is 3.42. The van der Waals surface area contributed by atoms with E-state index in [-0.39, 0.29) is 6.61 Å². The molecular weight excluding hydrogens is 226 g/mol. The van der Waals surface area contributed by atoms with E-state index in [2.05, 4.69) is 41.1 Å². The minimum Gasteiger partial charge on any atom is -0.396 e. The summed E-state index contributed by atoms with van der Waals surface area (Å²) in [7, 11) is 0. The third kappa shape index (κ3) is 3.42. The molecule has 0 saturated carbocycles. The summed E-state index contributed by atoms with van der Waals surface area (Å²) in [6.45, 7) is 6.57. The van der Waals surface area contributed by atoms with Crippen LogP contribution in [0.4, 0.5) is 5.82 Å². The van der Waals surface area contributed by atoms with Crippen LogP contribution >= 0.6 is 0 Å². The first-order valence-electron chi connectivity index (χ1n) is 6.87. The Hall–Kier alpha value is -1.16. The summed E-state index contributed by atoms with van der Waals surface area (Å²) in [5.41, 5.74) is 1.06. The van der Waals surface area contributed by atoms with E-state index in [9.17, 15) is 5.11 Å². The average Bonchev–Trinajstić information content (AvgIpc) is 2.39. The molecule has 0 amide bonds. The lowest BCUT2D eigenvalue weighted by Crippen LogP contribution is -2.37. The number of hydrogen-bond acceptors (Lipinski definition) is 4. The number of hydrogen-bond donors (Lipinski definition) is 1. The standard InChI is InChI=1S/C14H23N3O/c1-11(2)8-13-5-6-14(16-15-13)17-7-3-4-12(9-17)10-18/h5-6,11-12,18H,3-4,7-10H2,1-2H3. The largest absolute Gasteiger partial charge is 0.396 e. The normalized spacial score (nSPS) is 20.4. The SMILES string of the molecule is CC(C)Cc1ccc(N2CCCC(CO)C2)nn1. The summed E-state index contributed by atoms with van der Waals surface area (Å²) < 4.78 is 0. The van der Waals surface area contributed by atoms with Crippen molar-refractivity contribution in [2.75, 3.05) is 24.6 Å². The van der Waals surface area contributed by atoms with E-state index in [1.54, 1.807) is 0 Å². The predicted molar refractivity (Wildman–Crippen MR) is 72.6 cm³/mol. The lowest BCUT2D eigenvalue weighted by atomic mass is 9.99. The highest BCUT2D eigenvalue weighted by molar-refractivity contribution is 5.37. The van der Waals surface area contributed by atoms with Crippen molar-refractivity contribution in [1.29, 1.82) is 0 Å². The van der Waals surface area contributed by atoms with Crippen molar-refractivity contribution in [3.63, 3.8) is 0 Å². The number of aliphatic hydroxyl groups is 1. The number of anilines is 1. The van der Waals surface area contributed by atoms with Crippen LogP contribution in [0.25, 0.3) is 0 Å². The molecule has 2 heterocycles. The van der Waals surface area contributed by atoms with Gasteiger partial charge in [0.1, 0.15) is 0 Å². The van der Waals surface area contributed by atoms with E-state index in [1.165, 1.54) is 0 Å². The van der Waals surface area contributed by atoms with Crippen LogP contribution in [0.2, 0.25) is 0 Å². The zero-order valence-electron chi connectivity index (χ0n) is 11.3. The minimum atomic E-state index is 0.273. The molecule has 0 aliphatic carbocycles. The van der Waals surface area contributed by atoms with Crippen LogP contribution in [0.1, 0.15) is 32.4 Å². The molecule has 1 atom stereocenters. The van der Waals surface area contributed by atoms with Gasteiger partial charge in [-0.2, -0.15) is 5.10 Å². The van der Waals surface area contributed by atoms with Crippen LogP contribution in [0.3, 0.4) is 0 Å². The van der Waals surface area contributed by atoms with Gasteiger partial charge in [0.25, 0.3) is 0 Å². The van der Waals surface area contributed by atoms with E-state index < -0.39 is 0 Å². The zero-order chi connectivity index (χ0) is 13.0. The molecule has 0 spiro atoms. The first kappa shape index (κ1) is 13.3. The second kappa shape index (κ2) is 6.14. The first-order chi connectivity index (χ1) is 8.69. The number of rotatable bonds is 4. The van der Waals surface area contributed by atoms with Crippen LogP contribution in [-0.4, -0.2) is 35.0 Å². The topological polar surface area (TPSA) is 49.2 Å². The summed E-state index contributed by atoms with van der Waals surface area (Å²) in [5.74, 6) is 1.94. The number of aliphatic hydroxyl groups excluding tert-OH is 1. The summed E-state index contributed by atoms with van der Waals surface area (Å²) in [5, 5.41) is 17.8. The van der Waals surface area contributed by atoms with Crippen molar-refractivity contribution < 1.29 is 5.11 Å². The number of piperidine rings is 1. The van der Waals surface area contributed by atoms with E-state index in [0.717, 1.165) is 43.9 Å². The van der Waals surface area contributed by atoms with Gasteiger partial charge in [-0.25, -0.2) is 0 Å². The van der Waals surface area contributed by atoms with Crippen molar-refractivity contribution in [2.45, 2.75) is 33.1 Å². The molecule has 1 N–H and O–H groups in total. The van der Waals surface area contributed by atoms with Crippen molar-refractivity contribution in [1.82, 2.24) is 10.2 Å². The summed E-state index contributed by atoms with van der Waals surface area (Å²) >= 11 is 0. The Morgan fingerprint density at radius 3 is 2.83 bits per heavy atom. The van der Waals surface area contributed by atoms with Crippen molar-refractivity contribution in [3.8, 4) is 0 Å². The van der Waals surface area contributed by atoms with Crippen LogP contribution in [0.5, 0.6) is 0 Å². The van der Waals surface area contributed by atoms with Gasteiger partial charge in [-0.3, -0.25) is 0 Å². The summed E-state index contributed by atoms with van der Waals surface area (Å²) in [4.78, 5) is 2.23. The summed E-state index contributed by atoms with van der Waals surface area (Å²) in [6.07, 6.45) is 3.22. The fraction of sp³-hybridized carbons (Fsp3) is 0.714.